The van der Waals surface area contributed by atoms with E-state index in [2.05, 4.69) is 4.90 Å². The van der Waals surface area contributed by atoms with Crippen LogP contribution in [-0.4, -0.2) is 51.2 Å². The van der Waals surface area contributed by atoms with E-state index < -0.39 is 0 Å². The number of nitrogens with zero attached hydrogens (tertiary/aromatic N) is 2. The van der Waals surface area contributed by atoms with Gasteiger partial charge < -0.3 is 19.3 Å². The zero-order valence-electron chi connectivity index (χ0n) is 15.1. The minimum absolute atomic E-state index is 0.0727. The third kappa shape index (κ3) is 4.07. The minimum Gasteiger partial charge on any atom is -0.493 e. The molecule has 1 aliphatic heterocycles. The van der Waals surface area contributed by atoms with Crippen molar-refractivity contribution in [2.24, 2.45) is 0 Å². The number of amides is 1. The smallest absolute Gasteiger partial charge is 0.227 e. The molecule has 0 aliphatic carbocycles. The van der Waals surface area contributed by atoms with E-state index in [0.717, 1.165) is 24.3 Å². The van der Waals surface area contributed by atoms with Crippen molar-refractivity contribution in [3.05, 3.63) is 53.8 Å². The third-order valence-electron chi connectivity index (χ3n) is 4.63. The van der Waals surface area contributed by atoms with Gasteiger partial charge in [-0.1, -0.05) is 12.1 Å². The molecule has 0 N–H and O–H groups in total. The van der Waals surface area contributed by atoms with Crippen LogP contribution in [-0.2, 0) is 11.2 Å². The van der Waals surface area contributed by atoms with E-state index in [-0.39, 0.29) is 11.7 Å². The Morgan fingerprint density at radius 3 is 2.23 bits per heavy atom. The molecule has 0 unspecified atom stereocenters. The van der Waals surface area contributed by atoms with Crippen LogP contribution >= 0.6 is 0 Å². The summed E-state index contributed by atoms with van der Waals surface area (Å²) in [5.41, 5.74) is 1.88. The first-order valence-electron chi connectivity index (χ1n) is 8.60. The fraction of sp³-hybridized carbons (Fsp3) is 0.350. The van der Waals surface area contributed by atoms with Crippen molar-refractivity contribution in [1.82, 2.24) is 4.90 Å². The van der Waals surface area contributed by atoms with Crippen molar-refractivity contribution in [1.29, 1.82) is 0 Å². The summed E-state index contributed by atoms with van der Waals surface area (Å²) in [5, 5.41) is 0. The highest BCUT2D eigenvalue weighted by molar-refractivity contribution is 5.79. The maximum Gasteiger partial charge on any atom is 0.227 e. The molecule has 1 fully saturated rings. The Kier molecular flexibility index (Phi) is 5.61. The predicted octanol–water partition coefficient (Wildman–Crippen LogP) is 2.73. The molecule has 0 aromatic heterocycles. The predicted molar refractivity (Wildman–Crippen MR) is 98.4 cm³/mol. The standard InChI is InChI=1S/C20H23FN2O3/c1-25-18-8-7-17(14-19(18)26-2)22-9-11-23(12-10-22)20(24)13-15-3-5-16(21)6-4-15/h3-8,14H,9-13H2,1-2H3. The average molecular weight is 358 g/mol. The van der Waals surface area contributed by atoms with E-state index in [9.17, 15) is 9.18 Å². The molecule has 5 nitrogen and oxygen atoms in total. The third-order valence-corrected chi connectivity index (χ3v) is 4.63. The Morgan fingerprint density at radius 1 is 0.962 bits per heavy atom. The van der Waals surface area contributed by atoms with Crippen LogP contribution in [0.25, 0.3) is 0 Å². The molecular weight excluding hydrogens is 335 g/mol. The molecule has 2 aromatic carbocycles. The van der Waals surface area contributed by atoms with Crippen LogP contribution in [0.4, 0.5) is 10.1 Å². The molecule has 1 heterocycles. The van der Waals surface area contributed by atoms with Gasteiger partial charge in [-0.15, -0.1) is 0 Å². The highest BCUT2D eigenvalue weighted by Crippen LogP contribution is 2.31. The molecule has 1 amide bonds. The summed E-state index contributed by atoms with van der Waals surface area (Å²) in [6.45, 7) is 2.83. The molecule has 0 spiro atoms. The summed E-state index contributed by atoms with van der Waals surface area (Å²) in [4.78, 5) is 16.5. The zero-order chi connectivity index (χ0) is 18.5. The Bertz CT molecular complexity index is 756. The lowest BCUT2D eigenvalue weighted by Gasteiger charge is -2.36. The van der Waals surface area contributed by atoms with Crippen LogP contribution in [0.2, 0.25) is 0 Å². The van der Waals surface area contributed by atoms with Gasteiger partial charge in [0.25, 0.3) is 0 Å². The van der Waals surface area contributed by atoms with Gasteiger partial charge in [0.2, 0.25) is 5.91 Å². The number of methoxy groups -OCH3 is 2. The molecule has 0 bridgehead atoms. The summed E-state index contributed by atoms with van der Waals surface area (Å²) in [6, 6.07) is 11.9. The second-order valence-corrected chi connectivity index (χ2v) is 6.21. The van der Waals surface area contributed by atoms with E-state index in [4.69, 9.17) is 9.47 Å². The van der Waals surface area contributed by atoms with Crippen molar-refractivity contribution in [3.63, 3.8) is 0 Å². The lowest BCUT2D eigenvalue weighted by atomic mass is 10.1. The van der Waals surface area contributed by atoms with Crippen molar-refractivity contribution in [3.8, 4) is 11.5 Å². The first-order valence-corrected chi connectivity index (χ1v) is 8.60. The summed E-state index contributed by atoms with van der Waals surface area (Å²) < 4.78 is 23.6. The average Bonchev–Trinajstić information content (AvgIpc) is 2.69. The number of hydrogen-bond donors (Lipinski definition) is 0. The number of rotatable bonds is 5. The SMILES string of the molecule is COc1ccc(N2CCN(C(=O)Cc3ccc(F)cc3)CC2)cc1OC. The number of halogens is 1. The fourth-order valence-electron chi connectivity index (χ4n) is 3.12. The van der Waals surface area contributed by atoms with Crippen molar-refractivity contribution >= 4 is 11.6 Å². The number of carbonyl (C=O) groups is 1. The lowest BCUT2D eigenvalue weighted by Crippen LogP contribution is -2.49. The van der Waals surface area contributed by atoms with Gasteiger partial charge in [0.15, 0.2) is 11.5 Å². The Morgan fingerprint density at radius 2 is 1.62 bits per heavy atom. The van der Waals surface area contributed by atoms with Crippen LogP contribution in [0.1, 0.15) is 5.56 Å². The molecule has 0 atom stereocenters. The number of benzene rings is 2. The maximum atomic E-state index is 13.0. The molecule has 1 saturated heterocycles. The van der Waals surface area contributed by atoms with Gasteiger partial charge in [0, 0.05) is 37.9 Å². The molecule has 3 rings (SSSR count). The zero-order valence-corrected chi connectivity index (χ0v) is 15.1. The second-order valence-electron chi connectivity index (χ2n) is 6.21. The monoisotopic (exact) mass is 358 g/mol. The molecule has 0 saturated carbocycles. The van der Waals surface area contributed by atoms with Crippen LogP contribution in [0, 0.1) is 5.82 Å². The summed E-state index contributed by atoms with van der Waals surface area (Å²) in [7, 11) is 3.23. The largest absolute Gasteiger partial charge is 0.493 e. The van der Waals surface area contributed by atoms with Gasteiger partial charge in [-0.2, -0.15) is 0 Å². The fourth-order valence-corrected chi connectivity index (χ4v) is 3.12. The molecule has 6 heteroatoms. The van der Waals surface area contributed by atoms with Crippen LogP contribution in [0.5, 0.6) is 11.5 Å². The van der Waals surface area contributed by atoms with Crippen molar-refractivity contribution in [2.75, 3.05) is 45.3 Å². The topological polar surface area (TPSA) is 42.0 Å². The van der Waals surface area contributed by atoms with Gasteiger partial charge in [-0.25, -0.2) is 4.39 Å². The number of anilines is 1. The van der Waals surface area contributed by atoms with E-state index in [1.165, 1.54) is 12.1 Å². The van der Waals surface area contributed by atoms with Gasteiger partial charge in [-0.05, 0) is 29.8 Å². The van der Waals surface area contributed by atoms with E-state index in [1.54, 1.807) is 26.4 Å². The number of hydrogen-bond acceptors (Lipinski definition) is 4. The van der Waals surface area contributed by atoms with Crippen LogP contribution in [0.3, 0.4) is 0 Å². The van der Waals surface area contributed by atoms with E-state index in [0.29, 0.717) is 31.0 Å². The van der Waals surface area contributed by atoms with Gasteiger partial charge in [0.1, 0.15) is 5.82 Å². The maximum absolute atomic E-state index is 13.0. The minimum atomic E-state index is -0.287. The normalized spacial score (nSPS) is 14.3. The molecule has 1 aliphatic rings. The van der Waals surface area contributed by atoms with Crippen molar-refractivity contribution < 1.29 is 18.7 Å². The lowest BCUT2D eigenvalue weighted by molar-refractivity contribution is -0.130. The van der Waals surface area contributed by atoms with Gasteiger partial charge in [0.05, 0.1) is 20.6 Å². The number of piperazine rings is 1. The first kappa shape index (κ1) is 18.0. The summed E-state index contributed by atoms with van der Waals surface area (Å²) in [5.74, 6) is 1.18. The molecule has 2 aromatic rings. The highest BCUT2D eigenvalue weighted by atomic mass is 19.1. The van der Waals surface area contributed by atoms with Crippen LogP contribution in [0.15, 0.2) is 42.5 Å². The van der Waals surface area contributed by atoms with Gasteiger partial charge >= 0.3 is 0 Å². The summed E-state index contributed by atoms with van der Waals surface area (Å²) >= 11 is 0. The Balaban J connectivity index is 1.58. The van der Waals surface area contributed by atoms with E-state index in [1.807, 2.05) is 23.1 Å². The molecular formula is C20H23FN2O3. The summed E-state index contributed by atoms with van der Waals surface area (Å²) in [6.07, 6.45) is 0.302. The quantitative estimate of drug-likeness (QED) is 0.824. The first-order chi connectivity index (χ1) is 12.6. The second kappa shape index (κ2) is 8.08. The number of carbonyl (C=O) groups excluding carboxylic acids is 1. The van der Waals surface area contributed by atoms with Gasteiger partial charge in [-0.3, -0.25) is 4.79 Å². The number of ether oxygens (including phenoxy) is 2. The Hall–Kier alpha value is -2.76. The highest BCUT2D eigenvalue weighted by Gasteiger charge is 2.22. The van der Waals surface area contributed by atoms with Crippen LogP contribution < -0.4 is 14.4 Å². The Labute approximate surface area is 152 Å². The molecule has 26 heavy (non-hydrogen) atoms. The molecule has 0 radical (unpaired) electrons. The molecule has 138 valence electrons. The van der Waals surface area contributed by atoms with E-state index >= 15 is 0 Å². The van der Waals surface area contributed by atoms with Crippen molar-refractivity contribution in [2.45, 2.75) is 6.42 Å².